The van der Waals surface area contributed by atoms with Gasteiger partial charge in [0.2, 0.25) is 5.91 Å². The van der Waals surface area contributed by atoms with E-state index >= 15 is 0 Å². The lowest BCUT2D eigenvalue weighted by Crippen LogP contribution is -2.44. The van der Waals surface area contributed by atoms with Gasteiger partial charge in [0, 0.05) is 0 Å². The highest BCUT2D eigenvalue weighted by atomic mass is 16.5. The Morgan fingerprint density at radius 1 is 1.33 bits per heavy atom. The fourth-order valence-corrected chi connectivity index (χ4v) is 1.16. The largest absolute Gasteiger partial charge is 0.460 e. The van der Waals surface area contributed by atoms with Gasteiger partial charge in [-0.1, -0.05) is 30.3 Å². The summed E-state index contributed by atoms with van der Waals surface area (Å²) in [6, 6.07) is 8.17. The van der Waals surface area contributed by atoms with Crippen LogP contribution in [0.2, 0.25) is 0 Å². The molecule has 0 unspecified atom stereocenters. The highest BCUT2D eigenvalue weighted by Crippen LogP contribution is 2.00. The highest BCUT2D eigenvalue weighted by molar-refractivity contribution is 5.85. The average Bonchev–Trinajstić information content (AvgIpc) is 2.42. The van der Waals surface area contributed by atoms with Crippen molar-refractivity contribution in [1.29, 1.82) is 0 Å². The van der Waals surface area contributed by atoms with Gasteiger partial charge in [-0.2, -0.15) is 0 Å². The number of aliphatic hydroxyl groups excluding tert-OH is 1. The molecule has 0 radical (unpaired) electrons. The van der Waals surface area contributed by atoms with Crippen molar-refractivity contribution in [3.8, 4) is 0 Å². The van der Waals surface area contributed by atoms with E-state index in [0.29, 0.717) is 0 Å². The van der Waals surface area contributed by atoms with Gasteiger partial charge in [-0.25, -0.2) is 0 Å². The van der Waals surface area contributed by atoms with Gasteiger partial charge in [0.1, 0.15) is 19.2 Å². The summed E-state index contributed by atoms with van der Waals surface area (Å²) in [7, 11) is 0. The van der Waals surface area contributed by atoms with Crippen molar-refractivity contribution in [2.75, 3.05) is 13.2 Å². The van der Waals surface area contributed by atoms with Crippen molar-refractivity contribution in [3.05, 3.63) is 35.9 Å². The van der Waals surface area contributed by atoms with Crippen LogP contribution in [0.4, 0.5) is 0 Å². The van der Waals surface area contributed by atoms with Crippen LogP contribution >= 0.6 is 0 Å². The number of hydrogen-bond donors (Lipinski definition) is 3. The topological polar surface area (TPSA) is 102 Å². The number of benzene rings is 1. The molecule has 1 aromatic rings. The molecule has 4 N–H and O–H groups in total. The normalized spacial score (nSPS) is 11.7. The van der Waals surface area contributed by atoms with Crippen molar-refractivity contribution in [3.63, 3.8) is 0 Å². The minimum Gasteiger partial charge on any atom is -0.460 e. The van der Waals surface area contributed by atoms with Gasteiger partial charge >= 0.3 is 5.97 Å². The first-order valence-corrected chi connectivity index (χ1v) is 5.47. The van der Waals surface area contributed by atoms with Crippen molar-refractivity contribution < 1.29 is 19.4 Å². The molecule has 18 heavy (non-hydrogen) atoms. The molecule has 0 saturated heterocycles. The molecule has 1 atom stereocenters. The van der Waals surface area contributed by atoms with Gasteiger partial charge in [-0.3, -0.25) is 9.59 Å². The van der Waals surface area contributed by atoms with Gasteiger partial charge in [0.15, 0.2) is 0 Å². The van der Waals surface area contributed by atoms with Crippen LogP contribution in [0.15, 0.2) is 30.3 Å². The van der Waals surface area contributed by atoms with Crippen LogP contribution in [-0.2, 0) is 20.9 Å². The number of ether oxygens (including phenoxy) is 1. The minimum absolute atomic E-state index is 0.154. The lowest BCUT2D eigenvalue weighted by atomic mass is 10.2. The molecule has 98 valence electrons. The van der Waals surface area contributed by atoms with E-state index < -0.39 is 24.5 Å². The van der Waals surface area contributed by atoms with Crippen LogP contribution in [0.5, 0.6) is 0 Å². The standard InChI is InChI=1S/C12H16N2O4/c13-10(7-15)12(17)14-6-11(16)18-8-9-4-2-1-3-5-9/h1-5,10,15H,6-8,13H2,(H,14,17)/t10-/m0/s1. The van der Waals surface area contributed by atoms with Gasteiger partial charge in [-0.05, 0) is 5.56 Å². The van der Waals surface area contributed by atoms with E-state index in [1.54, 1.807) is 0 Å². The molecule has 0 aliphatic heterocycles. The Morgan fingerprint density at radius 2 is 2.00 bits per heavy atom. The molecule has 6 heteroatoms. The van der Waals surface area contributed by atoms with Crippen molar-refractivity contribution in [2.45, 2.75) is 12.6 Å². The Bertz CT molecular complexity index is 394. The number of nitrogens with two attached hydrogens (primary N) is 1. The zero-order valence-corrected chi connectivity index (χ0v) is 9.83. The van der Waals surface area contributed by atoms with Crippen LogP contribution in [0, 0.1) is 0 Å². The number of nitrogens with one attached hydrogen (secondary N) is 1. The van der Waals surface area contributed by atoms with Crippen LogP contribution in [0.1, 0.15) is 5.56 Å². The molecular weight excluding hydrogens is 236 g/mol. The number of carbonyl (C=O) groups is 2. The van der Waals surface area contributed by atoms with Crippen molar-refractivity contribution in [2.24, 2.45) is 5.73 Å². The van der Waals surface area contributed by atoms with Gasteiger partial charge in [0.05, 0.1) is 6.61 Å². The molecule has 0 aliphatic rings. The monoisotopic (exact) mass is 252 g/mol. The lowest BCUT2D eigenvalue weighted by Gasteiger charge is -2.09. The summed E-state index contributed by atoms with van der Waals surface area (Å²) in [5.41, 5.74) is 6.12. The van der Waals surface area contributed by atoms with Gasteiger partial charge in [-0.15, -0.1) is 0 Å². The quantitative estimate of drug-likeness (QED) is 0.573. The molecular formula is C12H16N2O4. The summed E-state index contributed by atoms with van der Waals surface area (Å²) in [5, 5.41) is 10.9. The average molecular weight is 252 g/mol. The number of amides is 1. The maximum atomic E-state index is 11.3. The SMILES string of the molecule is N[C@@H](CO)C(=O)NCC(=O)OCc1ccccc1. The third kappa shape index (κ3) is 4.94. The zero-order chi connectivity index (χ0) is 13.4. The molecule has 6 nitrogen and oxygen atoms in total. The number of carbonyl (C=O) groups excluding carboxylic acids is 2. The number of rotatable bonds is 6. The molecule has 0 heterocycles. The van der Waals surface area contributed by atoms with Crippen LogP contribution < -0.4 is 11.1 Å². The van der Waals surface area contributed by atoms with E-state index in [9.17, 15) is 9.59 Å². The van der Waals surface area contributed by atoms with Crippen molar-refractivity contribution in [1.82, 2.24) is 5.32 Å². The Balaban J connectivity index is 2.24. The predicted octanol–water partition coefficient (Wildman–Crippen LogP) is -0.834. The third-order valence-corrected chi connectivity index (χ3v) is 2.18. The summed E-state index contributed by atoms with van der Waals surface area (Å²) < 4.78 is 4.93. The fraction of sp³-hybridized carbons (Fsp3) is 0.333. The predicted molar refractivity (Wildman–Crippen MR) is 64.3 cm³/mol. The smallest absolute Gasteiger partial charge is 0.325 e. The highest BCUT2D eigenvalue weighted by Gasteiger charge is 2.13. The van der Waals surface area contributed by atoms with Crippen LogP contribution in [-0.4, -0.2) is 36.2 Å². The maximum absolute atomic E-state index is 11.3. The molecule has 0 bridgehead atoms. The second kappa shape index (κ2) is 7.41. The molecule has 1 rings (SSSR count). The lowest BCUT2D eigenvalue weighted by molar-refractivity contribution is -0.145. The molecule has 0 aliphatic carbocycles. The third-order valence-electron chi connectivity index (χ3n) is 2.18. The van der Waals surface area contributed by atoms with E-state index in [0.717, 1.165) is 5.56 Å². The molecule has 0 saturated carbocycles. The summed E-state index contributed by atoms with van der Waals surface area (Å²) in [5.74, 6) is -1.15. The second-order valence-electron chi connectivity index (χ2n) is 3.65. The zero-order valence-electron chi connectivity index (χ0n) is 9.83. The van der Waals surface area contributed by atoms with Crippen molar-refractivity contribution >= 4 is 11.9 Å². The van der Waals surface area contributed by atoms with E-state index in [1.165, 1.54) is 0 Å². The van der Waals surface area contributed by atoms with Gasteiger partial charge < -0.3 is 20.9 Å². The number of hydrogen-bond acceptors (Lipinski definition) is 5. The fourth-order valence-electron chi connectivity index (χ4n) is 1.16. The molecule has 1 amide bonds. The number of aliphatic hydroxyl groups is 1. The Kier molecular flexibility index (Phi) is 5.83. The summed E-state index contributed by atoms with van der Waals surface area (Å²) in [6.07, 6.45) is 0. The maximum Gasteiger partial charge on any atom is 0.325 e. The Hall–Kier alpha value is -1.92. The van der Waals surface area contributed by atoms with E-state index in [1.807, 2.05) is 30.3 Å². The minimum atomic E-state index is -1.02. The van der Waals surface area contributed by atoms with Crippen LogP contribution in [0.3, 0.4) is 0 Å². The van der Waals surface area contributed by atoms with E-state index in [2.05, 4.69) is 5.32 Å². The molecule has 1 aromatic carbocycles. The number of esters is 1. The Labute approximate surface area is 105 Å². The molecule has 0 aromatic heterocycles. The van der Waals surface area contributed by atoms with E-state index in [-0.39, 0.29) is 13.2 Å². The first-order chi connectivity index (χ1) is 8.63. The summed E-state index contributed by atoms with van der Waals surface area (Å²) in [4.78, 5) is 22.4. The molecule has 0 spiro atoms. The summed E-state index contributed by atoms with van der Waals surface area (Å²) in [6.45, 7) is -0.578. The van der Waals surface area contributed by atoms with E-state index in [4.69, 9.17) is 15.6 Å². The summed E-state index contributed by atoms with van der Waals surface area (Å²) >= 11 is 0. The molecule has 0 fully saturated rings. The van der Waals surface area contributed by atoms with Gasteiger partial charge in [0.25, 0.3) is 0 Å². The van der Waals surface area contributed by atoms with Crippen LogP contribution in [0.25, 0.3) is 0 Å². The Morgan fingerprint density at radius 3 is 2.61 bits per heavy atom. The first-order valence-electron chi connectivity index (χ1n) is 5.47. The first kappa shape index (κ1) is 14.1. The second-order valence-corrected chi connectivity index (χ2v) is 3.65.